The zero-order chi connectivity index (χ0) is 6.78. The van der Waals surface area contributed by atoms with Crippen LogP contribution in [-0.4, -0.2) is 23.7 Å². The minimum absolute atomic E-state index is 0. The van der Waals surface area contributed by atoms with E-state index in [0.29, 0.717) is 6.42 Å². The Balaban J connectivity index is 0. The highest BCUT2D eigenvalue weighted by molar-refractivity contribution is 7.86. The summed E-state index contributed by atoms with van der Waals surface area (Å²) in [6.45, 7) is 3.17. The van der Waals surface area contributed by atoms with Crippen molar-refractivity contribution in [2.45, 2.75) is 25.5 Å². The van der Waals surface area contributed by atoms with E-state index >= 15 is 0 Å². The van der Waals surface area contributed by atoms with Gasteiger partial charge in [0.25, 0.3) is 10.1 Å². The van der Waals surface area contributed by atoms with Crippen LogP contribution in [0.25, 0.3) is 0 Å². The summed E-state index contributed by atoms with van der Waals surface area (Å²) < 4.78 is 28.5. The van der Waals surface area contributed by atoms with Gasteiger partial charge in [0.2, 0.25) is 0 Å². The molecule has 0 fully saturated rings. The quantitative estimate of drug-likeness (QED) is 0.564. The van der Waals surface area contributed by atoms with Crippen LogP contribution in [0.15, 0.2) is 0 Å². The van der Waals surface area contributed by atoms with Crippen molar-refractivity contribution in [3.05, 3.63) is 0 Å². The topological polar surface area (TPSA) is 85.9 Å². The van der Waals surface area contributed by atoms with Gasteiger partial charge in [0.15, 0.2) is 0 Å². The third kappa shape index (κ3) is 4.38. The third-order valence-corrected chi connectivity index (χ3v) is 2.43. The van der Waals surface area contributed by atoms with E-state index in [2.05, 4.69) is 0 Å². The maximum Gasteiger partial charge on any atom is 0.267 e. The van der Waals surface area contributed by atoms with Crippen LogP contribution in [0.3, 0.4) is 0 Å². The van der Waals surface area contributed by atoms with Crippen LogP contribution >= 0.6 is 0 Å². The minimum atomic E-state index is -3.75. The molecule has 1 unspecified atom stereocenters. The second-order valence-electron chi connectivity index (χ2n) is 1.73. The first-order chi connectivity index (χ1) is 3.48. The molecule has 58 valence electrons. The average molecular weight is 156 g/mol. The molecule has 0 saturated heterocycles. The minimum Gasteiger partial charge on any atom is -0.412 e. The van der Waals surface area contributed by atoms with Crippen molar-refractivity contribution >= 4 is 10.1 Å². The summed E-state index contributed by atoms with van der Waals surface area (Å²) >= 11 is 0. The summed E-state index contributed by atoms with van der Waals surface area (Å²) in [4.78, 5) is 0. The van der Waals surface area contributed by atoms with Gasteiger partial charge in [-0.3, -0.25) is 4.55 Å². The predicted molar refractivity (Wildman–Crippen MR) is 34.9 cm³/mol. The molecule has 3 N–H and O–H groups in total. The zero-order valence-electron chi connectivity index (χ0n) is 5.46. The van der Waals surface area contributed by atoms with E-state index in [-0.39, 0.29) is 5.48 Å². The second-order valence-corrected chi connectivity index (χ2v) is 3.57. The molecule has 1 atom stereocenters. The number of hydrogen-bond acceptors (Lipinski definition) is 2. The molecule has 0 aliphatic carbocycles. The van der Waals surface area contributed by atoms with Crippen LogP contribution in [0.2, 0.25) is 0 Å². The molecule has 9 heavy (non-hydrogen) atoms. The Morgan fingerprint density at radius 3 is 1.89 bits per heavy atom. The first-order valence-corrected chi connectivity index (χ1v) is 3.95. The molecule has 5 heteroatoms. The van der Waals surface area contributed by atoms with Gasteiger partial charge >= 0.3 is 0 Å². The SMILES string of the molecule is CCC(C)S(=O)(=O)O.O. The van der Waals surface area contributed by atoms with Gasteiger partial charge in [-0.15, -0.1) is 0 Å². The lowest BCUT2D eigenvalue weighted by atomic mass is 10.4. The van der Waals surface area contributed by atoms with Gasteiger partial charge in [0.05, 0.1) is 5.25 Å². The van der Waals surface area contributed by atoms with Crippen molar-refractivity contribution in [1.82, 2.24) is 0 Å². The molecule has 0 rings (SSSR count). The molecule has 0 heterocycles. The Hall–Kier alpha value is -0.130. The van der Waals surface area contributed by atoms with Crippen molar-refractivity contribution < 1.29 is 18.4 Å². The lowest BCUT2D eigenvalue weighted by Gasteiger charge is -2.00. The zero-order valence-corrected chi connectivity index (χ0v) is 6.27. The highest BCUT2D eigenvalue weighted by atomic mass is 32.2. The van der Waals surface area contributed by atoms with Crippen LogP contribution < -0.4 is 0 Å². The maximum atomic E-state index is 10.1. The van der Waals surface area contributed by atoms with E-state index < -0.39 is 15.4 Å². The molecule has 0 aromatic heterocycles. The van der Waals surface area contributed by atoms with E-state index in [1.807, 2.05) is 0 Å². The van der Waals surface area contributed by atoms with Gasteiger partial charge in [-0.1, -0.05) is 6.92 Å². The molecule has 0 amide bonds. The molecule has 0 spiro atoms. The third-order valence-electron chi connectivity index (χ3n) is 1.08. The fourth-order valence-electron chi connectivity index (χ4n) is 0.211. The van der Waals surface area contributed by atoms with E-state index in [0.717, 1.165) is 0 Å². The van der Waals surface area contributed by atoms with Gasteiger partial charge < -0.3 is 5.48 Å². The van der Waals surface area contributed by atoms with E-state index in [9.17, 15) is 8.42 Å². The van der Waals surface area contributed by atoms with Crippen molar-refractivity contribution in [3.8, 4) is 0 Å². The summed E-state index contributed by atoms with van der Waals surface area (Å²) in [6.07, 6.45) is 0.457. The molecule has 0 aliphatic heterocycles. The standard InChI is InChI=1S/C4H10O3S.H2O/c1-3-4(2)8(5,6)7;/h4H,3H2,1-2H3,(H,5,6,7);1H2. The highest BCUT2D eigenvalue weighted by Gasteiger charge is 2.13. The molecule has 0 aromatic rings. The van der Waals surface area contributed by atoms with Gasteiger partial charge in [-0.2, -0.15) is 8.42 Å². The van der Waals surface area contributed by atoms with Crippen LogP contribution in [0.1, 0.15) is 20.3 Å². The largest absolute Gasteiger partial charge is 0.412 e. The first-order valence-electron chi connectivity index (χ1n) is 2.44. The second kappa shape index (κ2) is 3.81. The predicted octanol–water partition coefficient (Wildman–Crippen LogP) is -0.152. The molecular formula is C4H12O4S. The van der Waals surface area contributed by atoms with Crippen molar-refractivity contribution in [3.63, 3.8) is 0 Å². The van der Waals surface area contributed by atoms with Crippen molar-refractivity contribution in [2.75, 3.05) is 0 Å². The summed E-state index contributed by atoms with van der Waals surface area (Å²) in [6, 6.07) is 0. The Bertz CT molecular complexity index is 148. The molecule has 0 saturated carbocycles. The lowest BCUT2D eigenvalue weighted by Crippen LogP contribution is -2.14. The van der Waals surface area contributed by atoms with E-state index in [4.69, 9.17) is 4.55 Å². The Morgan fingerprint density at radius 1 is 1.56 bits per heavy atom. The van der Waals surface area contributed by atoms with E-state index in [1.54, 1.807) is 6.92 Å². The van der Waals surface area contributed by atoms with Crippen molar-refractivity contribution in [2.24, 2.45) is 0 Å². The summed E-state index contributed by atoms with van der Waals surface area (Å²) in [5.74, 6) is 0. The number of hydrogen-bond donors (Lipinski definition) is 1. The Kier molecular flexibility index (Phi) is 4.93. The Morgan fingerprint density at radius 2 is 1.89 bits per heavy atom. The van der Waals surface area contributed by atoms with Crippen LogP contribution in [0, 0.1) is 0 Å². The normalized spacial score (nSPS) is 14.1. The molecule has 0 radical (unpaired) electrons. The molecule has 0 aromatic carbocycles. The highest BCUT2D eigenvalue weighted by Crippen LogP contribution is 1.99. The van der Waals surface area contributed by atoms with E-state index in [1.165, 1.54) is 6.92 Å². The first kappa shape index (κ1) is 11.6. The fourth-order valence-corrected chi connectivity index (χ4v) is 0.632. The van der Waals surface area contributed by atoms with Gasteiger partial charge in [0.1, 0.15) is 0 Å². The average Bonchev–Trinajstić information content (AvgIpc) is 1.62. The van der Waals surface area contributed by atoms with Crippen LogP contribution in [-0.2, 0) is 10.1 Å². The van der Waals surface area contributed by atoms with Gasteiger partial charge in [-0.25, -0.2) is 0 Å². The Labute approximate surface area is 54.9 Å². The van der Waals surface area contributed by atoms with Crippen molar-refractivity contribution in [1.29, 1.82) is 0 Å². The van der Waals surface area contributed by atoms with Gasteiger partial charge in [0, 0.05) is 0 Å². The van der Waals surface area contributed by atoms with Crippen LogP contribution in [0.5, 0.6) is 0 Å². The number of rotatable bonds is 2. The smallest absolute Gasteiger partial charge is 0.267 e. The summed E-state index contributed by atoms with van der Waals surface area (Å²) in [5.41, 5.74) is 0. The van der Waals surface area contributed by atoms with Gasteiger partial charge in [-0.05, 0) is 13.3 Å². The molecular weight excluding hydrogens is 144 g/mol. The fraction of sp³-hybridized carbons (Fsp3) is 1.00. The molecule has 0 aliphatic rings. The molecule has 4 nitrogen and oxygen atoms in total. The summed E-state index contributed by atoms with van der Waals surface area (Å²) in [5, 5.41) is -0.623. The van der Waals surface area contributed by atoms with Crippen LogP contribution in [0.4, 0.5) is 0 Å². The molecule has 0 bridgehead atoms. The monoisotopic (exact) mass is 156 g/mol. The maximum absolute atomic E-state index is 10.1. The summed E-state index contributed by atoms with van der Waals surface area (Å²) in [7, 11) is -3.75. The lowest BCUT2D eigenvalue weighted by molar-refractivity contribution is 0.468.